The van der Waals surface area contributed by atoms with E-state index >= 15 is 0 Å². The van der Waals surface area contributed by atoms with Crippen LogP contribution in [0.2, 0.25) is 0 Å². The molecule has 0 amide bonds. The van der Waals surface area contributed by atoms with E-state index in [1.165, 1.54) is 0 Å². The molecule has 0 saturated carbocycles. The van der Waals surface area contributed by atoms with Crippen molar-refractivity contribution < 1.29 is 4.58 Å². The van der Waals surface area contributed by atoms with Gasteiger partial charge in [0.25, 0.3) is 0 Å². The molecule has 0 spiro atoms. The Balaban J connectivity index is 3.38. The minimum atomic E-state index is 1.00. The Hall–Kier alpha value is -0.0400. The number of nitrogens with zero attached hydrogens (tertiary/aromatic N) is 1. The molecular formula is C5H11ClN+. The largest absolute Gasteiger partial charge is 0.232 e. The van der Waals surface area contributed by atoms with Crippen LogP contribution in [0.15, 0.2) is 0 Å². The third-order valence-electron chi connectivity index (χ3n) is 0.950. The normalized spacial score (nSPS) is 8.43. The van der Waals surface area contributed by atoms with Crippen LogP contribution in [0.25, 0.3) is 0 Å². The van der Waals surface area contributed by atoms with Crippen LogP contribution in [-0.2, 0) is 0 Å². The fraction of sp³-hybridized carbons (Fsp3) is 0.800. The van der Waals surface area contributed by atoms with Crippen molar-refractivity contribution in [1.29, 1.82) is 0 Å². The summed E-state index contributed by atoms with van der Waals surface area (Å²) in [6.07, 6.45) is 0. The summed E-state index contributed by atoms with van der Waals surface area (Å²) in [5, 5.41) is 0. The zero-order valence-electron chi connectivity index (χ0n) is 4.82. The second-order valence-electron chi connectivity index (χ2n) is 1.32. The van der Waals surface area contributed by atoms with Gasteiger partial charge >= 0.3 is 0 Å². The quantitative estimate of drug-likeness (QED) is 0.382. The molecular weight excluding hydrogens is 110 g/mol. The van der Waals surface area contributed by atoms with E-state index < -0.39 is 0 Å². The Kier molecular flexibility index (Phi) is 4.10. The molecule has 2 heteroatoms. The predicted molar refractivity (Wildman–Crippen MR) is 33.3 cm³/mol. The van der Waals surface area contributed by atoms with Crippen LogP contribution in [-0.4, -0.2) is 23.3 Å². The first-order chi connectivity index (χ1) is 3.35. The summed E-state index contributed by atoms with van der Waals surface area (Å²) in [6, 6.07) is 0. The Morgan fingerprint density at radius 1 is 1.43 bits per heavy atom. The Labute approximate surface area is 49.6 Å². The van der Waals surface area contributed by atoms with Crippen molar-refractivity contribution in [1.82, 2.24) is 0 Å². The van der Waals surface area contributed by atoms with Gasteiger partial charge in [0.1, 0.15) is 13.1 Å². The van der Waals surface area contributed by atoms with E-state index in [0.717, 1.165) is 13.1 Å². The van der Waals surface area contributed by atoms with Crippen LogP contribution in [0, 0.1) is 0 Å². The van der Waals surface area contributed by atoms with Crippen LogP contribution in [0.5, 0.6) is 0 Å². The highest BCUT2D eigenvalue weighted by molar-refractivity contribution is 6.54. The lowest BCUT2D eigenvalue weighted by Gasteiger charge is -1.88. The molecule has 0 heterocycles. The van der Waals surface area contributed by atoms with Gasteiger partial charge in [-0.3, -0.25) is 0 Å². The first kappa shape index (κ1) is 6.96. The van der Waals surface area contributed by atoms with Gasteiger partial charge in [-0.25, -0.2) is 4.58 Å². The molecule has 0 aromatic carbocycles. The lowest BCUT2D eigenvalue weighted by Crippen LogP contribution is -2.08. The van der Waals surface area contributed by atoms with Crippen LogP contribution in [0.4, 0.5) is 0 Å². The number of halogens is 1. The lowest BCUT2D eigenvalue weighted by atomic mass is 10.6. The number of hydrogen-bond donors (Lipinski definition) is 0. The maximum absolute atomic E-state index is 5.37. The summed E-state index contributed by atoms with van der Waals surface area (Å²) in [5.41, 5.74) is 1.58. The van der Waals surface area contributed by atoms with E-state index in [1.54, 1.807) is 5.67 Å². The van der Waals surface area contributed by atoms with E-state index in [-0.39, 0.29) is 0 Å². The van der Waals surface area contributed by atoms with E-state index in [9.17, 15) is 0 Å². The molecule has 0 bridgehead atoms. The van der Waals surface area contributed by atoms with Crippen LogP contribution < -0.4 is 0 Å². The maximum Gasteiger partial charge on any atom is 0.232 e. The molecule has 0 N–H and O–H groups in total. The van der Waals surface area contributed by atoms with Gasteiger partial charge in [-0.2, -0.15) is 0 Å². The van der Waals surface area contributed by atoms with Gasteiger partial charge in [-0.05, 0) is 25.4 Å². The SMILES string of the molecule is CC[N+](=CCl)CC. The van der Waals surface area contributed by atoms with Gasteiger partial charge in [0.2, 0.25) is 5.67 Å². The van der Waals surface area contributed by atoms with Gasteiger partial charge in [-0.15, -0.1) is 0 Å². The fourth-order valence-electron chi connectivity index (χ4n) is 0.362. The van der Waals surface area contributed by atoms with Gasteiger partial charge in [-0.1, -0.05) is 0 Å². The first-order valence-corrected chi connectivity index (χ1v) is 2.96. The topological polar surface area (TPSA) is 3.01 Å². The molecule has 42 valence electrons. The fourth-order valence-corrected chi connectivity index (χ4v) is 0.638. The smallest absolute Gasteiger partial charge is 0.227 e. The summed E-state index contributed by atoms with van der Waals surface area (Å²) in [4.78, 5) is 0. The predicted octanol–water partition coefficient (Wildman–Crippen LogP) is 1.31. The zero-order chi connectivity index (χ0) is 5.70. The van der Waals surface area contributed by atoms with Crippen molar-refractivity contribution in [2.45, 2.75) is 13.8 Å². The molecule has 0 rings (SSSR count). The molecule has 0 aliphatic heterocycles. The second kappa shape index (κ2) is 4.13. The molecule has 7 heavy (non-hydrogen) atoms. The monoisotopic (exact) mass is 120 g/mol. The molecule has 0 unspecified atom stereocenters. The van der Waals surface area contributed by atoms with Gasteiger partial charge in [0, 0.05) is 0 Å². The minimum Gasteiger partial charge on any atom is -0.227 e. The number of hydrogen-bond acceptors (Lipinski definition) is 0. The molecule has 0 aliphatic rings. The van der Waals surface area contributed by atoms with Crippen molar-refractivity contribution in [3.63, 3.8) is 0 Å². The molecule has 0 aromatic rings. The van der Waals surface area contributed by atoms with Crippen LogP contribution >= 0.6 is 11.6 Å². The van der Waals surface area contributed by atoms with Crippen molar-refractivity contribution in [3.8, 4) is 0 Å². The van der Waals surface area contributed by atoms with E-state index in [1.807, 2.05) is 4.58 Å². The molecule has 1 nitrogen and oxygen atoms in total. The third-order valence-corrected chi connectivity index (χ3v) is 1.23. The Morgan fingerprint density at radius 2 is 1.86 bits per heavy atom. The third kappa shape index (κ3) is 2.63. The van der Waals surface area contributed by atoms with E-state index in [0.29, 0.717) is 0 Å². The van der Waals surface area contributed by atoms with Gasteiger partial charge in [0.05, 0.1) is 0 Å². The molecule has 0 atom stereocenters. The van der Waals surface area contributed by atoms with Crippen molar-refractivity contribution in [2.75, 3.05) is 13.1 Å². The average Bonchev–Trinajstić information content (AvgIpc) is 1.72. The molecule has 0 fully saturated rings. The zero-order valence-corrected chi connectivity index (χ0v) is 5.57. The summed E-state index contributed by atoms with van der Waals surface area (Å²) >= 11 is 5.37. The van der Waals surface area contributed by atoms with Crippen LogP contribution in [0.3, 0.4) is 0 Å². The average molecular weight is 121 g/mol. The summed E-state index contributed by atoms with van der Waals surface area (Å²) < 4.78 is 2.02. The standard InChI is InChI=1S/C5H11ClN/c1-3-7(4-2)5-6/h5H,3-4H2,1-2H3/q+1. The van der Waals surface area contributed by atoms with Gasteiger partial charge < -0.3 is 0 Å². The van der Waals surface area contributed by atoms with Crippen LogP contribution in [0.1, 0.15) is 13.8 Å². The molecule has 0 saturated heterocycles. The van der Waals surface area contributed by atoms with E-state index in [2.05, 4.69) is 13.8 Å². The molecule has 0 aromatic heterocycles. The maximum atomic E-state index is 5.37. The Bertz CT molecular complexity index is 62.5. The van der Waals surface area contributed by atoms with Crippen molar-refractivity contribution in [2.24, 2.45) is 0 Å². The lowest BCUT2D eigenvalue weighted by molar-refractivity contribution is -0.514. The van der Waals surface area contributed by atoms with Crippen molar-refractivity contribution >= 4 is 17.3 Å². The minimum absolute atomic E-state index is 1.00. The molecule has 0 aliphatic carbocycles. The summed E-state index contributed by atoms with van der Waals surface area (Å²) in [7, 11) is 0. The number of rotatable bonds is 2. The van der Waals surface area contributed by atoms with Gasteiger partial charge in [0.15, 0.2) is 0 Å². The molecule has 0 radical (unpaired) electrons. The highest BCUT2D eigenvalue weighted by Gasteiger charge is 1.88. The first-order valence-electron chi connectivity index (χ1n) is 2.52. The highest BCUT2D eigenvalue weighted by atomic mass is 35.5. The highest BCUT2D eigenvalue weighted by Crippen LogP contribution is 1.72. The second-order valence-corrected chi connectivity index (χ2v) is 1.51. The summed E-state index contributed by atoms with van der Waals surface area (Å²) in [6.45, 7) is 6.14. The van der Waals surface area contributed by atoms with E-state index in [4.69, 9.17) is 11.6 Å². The van der Waals surface area contributed by atoms with Crippen molar-refractivity contribution in [3.05, 3.63) is 0 Å². The summed E-state index contributed by atoms with van der Waals surface area (Å²) in [5.74, 6) is 0. The Morgan fingerprint density at radius 3 is 1.86 bits per heavy atom.